The van der Waals surface area contributed by atoms with Gasteiger partial charge in [-0.15, -0.1) is 0 Å². The van der Waals surface area contributed by atoms with Crippen molar-refractivity contribution >= 4 is 38.6 Å². The van der Waals surface area contributed by atoms with E-state index in [0.717, 1.165) is 17.8 Å². The molecule has 0 N–H and O–H groups in total. The highest BCUT2D eigenvalue weighted by atomic mass is 15.1. The fourth-order valence-electron chi connectivity index (χ4n) is 11.7. The molecule has 0 aliphatic heterocycles. The van der Waals surface area contributed by atoms with Crippen LogP contribution in [-0.2, 0) is 5.41 Å². The molecule has 11 rings (SSSR count). The van der Waals surface area contributed by atoms with Crippen LogP contribution in [-0.4, -0.2) is 0 Å². The molecular formula is C54H51N. The Morgan fingerprint density at radius 1 is 0.527 bits per heavy atom. The van der Waals surface area contributed by atoms with E-state index in [9.17, 15) is 0 Å². The van der Waals surface area contributed by atoms with E-state index < -0.39 is 0 Å². The van der Waals surface area contributed by atoms with E-state index in [1.165, 1.54) is 135 Å². The minimum atomic E-state index is -0.173. The highest BCUT2D eigenvalue weighted by Gasteiger charge is 2.41. The largest absolute Gasteiger partial charge is 0.310 e. The Labute approximate surface area is 327 Å². The Balaban J connectivity index is 1.05. The fraction of sp³-hybridized carbons (Fsp3) is 0.296. The lowest BCUT2D eigenvalue weighted by molar-refractivity contribution is 0.420. The normalized spacial score (nSPS) is 21.2. The van der Waals surface area contributed by atoms with Gasteiger partial charge in [0.15, 0.2) is 0 Å². The number of anilines is 3. The summed E-state index contributed by atoms with van der Waals surface area (Å²) >= 11 is 0. The Morgan fingerprint density at radius 2 is 1.27 bits per heavy atom. The number of nitrogens with zero attached hydrogens (tertiary/aromatic N) is 1. The van der Waals surface area contributed by atoms with Crippen LogP contribution in [0.1, 0.15) is 106 Å². The van der Waals surface area contributed by atoms with Gasteiger partial charge in [0.1, 0.15) is 0 Å². The van der Waals surface area contributed by atoms with Gasteiger partial charge in [-0.1, -0.05) is 137 Å². The van der Waals surface area contributed by atoms with E-state index in [0.29, 0.717) is 5.92 Å². The fourth-order valence-corrected chi connectivity index (χ4v) is 11.7. The minimum Gasteiger partial charge on any atom is -0.310 e. The van der Waals surface area contributed by atoms with Crippen LogP contribution in [0, 0.1) is 11.8 Å². The lowest BCUT2D eigenvalue weighted by Crippen LogP contribution is -2.18. The van der Waals surface area contributed by atoms with Crippen molar-refractivity contribution in [1.82, 2.24) is 0 Å². The number of rotatable bonds is 6. The van der Waals surface area contributed by atoms with E-state index >= 15 is 0 Å². The highest BCUT2D eigenvalue weighted by molar-refractivity contribution is 6.00. The summed E-state index contributed by atoms with van der Waals surface area (Å²) < 4.78 is 0. The van der Waals surface area contributed by atoms with E-state index in [1.54, 1.807) is 5.56 Å². The summed E-state index contributed by atoms with van der Waals surface area (Å²) in [6.45, 7) is 4.88. The van der Waals surface area contributed by atoms with Gasteiger partial charge in [0.05, 0.1) is 5.69 Å². The molecule has 0 amide bonds. The van der Waals surface area contributed by atoms with E-state index in [1.807, 2.05) is 0 Å². The van der Waals surface area contributed by atoms with Gasteiger partial charge in [-0.3, -0.25) is 0 Å². The molecule has 4 aliphatic carbocycles. The van der Waals surface area contributed by atoms with Gasteiger partial charge in [0, 0.05) is 22.2 Å². The Bertz CT molecular complexity index is 2580. The summed E-state index contributed by atoms with van der Waals surface area (Å²) in [5.74, 6) is 3.22. The molecule has 0 aromatic heterocycles. The van der Waals surface area contributed by atoms with Crippen LogP contribution in [0.15, 0.2) is 140 Å². The maximum Gasteiger partial charge on any atom is 0.0540 e. The molecule has 0 spiro atoms. The maximum absolute atomic E-state index is 2.57. The third-order valence-corrected chi connectivity index (χ3v) is 14.5. The quantitative estimate of drug-likeness (QED) is 0.166. The molecule has 0 saturated heterocycles. The smallest absolute Gasteiger partial charge is 0.0540 e. The summed E-state index contributed by atoms with van der Waals surface area (Å²) in [7, 11) is 0. The molecule has 3 atom stereocenters. The summed E-state index contributed by atoms with van der Waals surface area (Å²) in [6.07, 6.45) is 12.4. The van der Waals surface area contributed by atoms with Crippen LogP contribution in [0.2, 0.25) is 0 Å². The topological polar surface area (TPSA) is 3.24 Å². The van der Waals surface area contributed by atoms with E-state index in [-0.39, 0.29) is 5.41 Å². The summed E-state index contributed by atoms with van der Waals surface area (Å²) in [4.78, 5) is 2.57. The van der Waals surface area contributed by atoms with Crippen molar-refractivity contribution < 1.29 is 0 Å². The van der Waals surface area contributed by atoms with Crippen molar-refractivity contribution in [2.75, 3.05) is 4.90 Å². The van der Waals surface area contributed by atoms with Crippen molar-refractivity contribution in [3.63, 3.8) is 0 Å². The lowest BCUT2D eigenvalue weighted by atomic mass is 9.78. The first-order chi connectivity index (χ1) is 27.0. The highest BCUT2D eigenvalue weighted by Crippen LogP contribution is 2.55. The Kier molecular flexibility index (Phi) is 7.84. The molecule has 3 saturated carbocycles. The van der Waals surface area contributed by atoms with Crippen LogP contribution in [0.4, 0.5) is 17.1 Å². The zero-order chi connectivity index (χ0) is 36.7. The molecule has 7 aromatic rings. The van der Waals surface area contributed by atoms with Crippen LogP contribution < -0.4 is 4.90 Å². The average molecular weight is 714 g/mol. The summed E-state index contributed by atoms with van der Waals surface area (Å²) in [5.41, 5.74) is 14.8. The van der Waals surface area contributed by atoms with Crippen LogP contribution in [0.25, 0.3) is 43.8 Å². The first-order valence-corrected chi connectivity index (χ1v) is 21.2. The molecule has 3 fully saturated rings. The molecule has 4 aliphatic rings. The third-order valence-electron chi connectivity index (χ3n) is 14.5. The Morgan fingerprint density at radius 3 is 2.09 bits per heavy atom. The standard InChI is InChI=1S/C54H51N/c1-54(2)51-34-45(28-29-47(51)48-16-9-15-46(53(48)54)43-23-20-37-12-6-7-13-40(37)32-43)55(44-26-24-39(25-27-44)49-31-35-18-19-42(49)30-35)52-17-8-14-38-21-22-41(33-50(38)52)36-10-4-3-5-11-36/h6-9,12-17,20-29,32-36,42,49H,3-5,10-11,18-19,30-31H2,1-2H3. The van der Waals surface area contributed by atoms with Gasteiger partial charge in [0.2, 0.25) is 0 Å². The third kappa shape index (κ3) is 5.48. The summed E-state index contributed by atoms with van der Waals surface area (Å²) in [6, 6.07) is 54.0. The van der Waals surface area contributed by atoms with Gasteiger partial charge in [-0.05, 0) is 159 Å². The lowest BCUT2D eigenvalue weighted by Gasteiger charge is -2.30. The van der Waals surface area contributed by atoms with Crippen molar-refractivity contribution in [1.29, 1.82) is 0 Å². The number of fused-ring (bicyclic) bond motifs is 7. The van der Waals surface area contributed by atoms with Crippen molar-refractivity contribution in [2.24, 2.45) is 11.8 Å². The first kappa shape index (κ1) is 33.2. The monoisotopic (exact) mass is 713 g/mol. The molecule has 0 heterocycles. The average Bonchev–Trinajstić information content (AvgIpc) is 3.94. The van der Waals surface area contributed by atoms with Gasteiger partial charge in [-0.25, -0.2) is 0 Å². The predicted molar refractivity (Wildman–Crippen MR) is 233 cm³/mol. The molecule has 0 radical (unpaired) electrons. The van der Waals surface area contributed by atoms with Gasteiger partial charge >= 0.3 is 0 Å². The SMILES string of the molecule is CC1(C)c2cc(N(c3ccc(C4CC5CCC4C5)cc3)c3cccc4ccc(C5CCCCC5)cc34)ccc2-c2cccc(-c3ccc4ccccc4c3)c21. The molecule has 55 heavy (non-hydrogen) atoms. The van der Waals surface area contributed by atoms with Crippen molar-refractivity contribution in [3.05, 3.63) is 162 Å². The Hall–Kier alpha value is -5.14. The second kappa shape index (κ2) is 13.0. The second-order valence-electron chi connectivity index (χ2n) is 17.9. The van der Waals surface area contributed by atoms with E-state index in [4.69, 9.17) is 0 Å². The van der Waals surface area contributed by atoms with Gasteiger partial charge < -0.3 is 4.90 Å². The number of benzene rings is 7. The molecule has 3 unspecified atom stereocenters. The molecule has 1 nitrogen and oxygen atoms in total. The first-order valence-electron chi connectivity index (χ1n) is 21.2. The zero-order valence-electron chi connectivity index (χ0n) is 32.4. The van der Waals surface area contributed by atoms with Crippen LogP contribution >= 0.6 is 0 Å². The van der Waals surface area contributed by atoms with Gasteiger partial charge in [-0.2, -0.15) is 0 Å². The van der Waals surface area contributed by atoms with Gasteiger partial charge in [0.25, 0.3) is 0 Å². The molecule has 1 heteroatoms. The molecule has 7 aromatic carbocycles. The zero-order valence-corrected chi connectivity index (χ0v) is 32.4. The van der Waals surface area contributed by atoms with Crippen LogP contribution in [0.5, 0.6) is 0 Å². The summed E-state index contributed by atoms with van der Waals surface area (Å²) in [5, 5.41) is 5.24. The predicted octanol–water partition coefficient (Wildman–Crippen LogP) is 15.4. The van der Waals surface area contributed by atoms with Crippen LogP contribution in [0.3, 0.4) is 0 Å². The maximum atomic E-state index is 2.57. The second-order valence-corrected chi connectivity index (χ2v) is 17.9. The molecular weight excluding hydrogens is 663 g/mol. The molecule has 272 valence electrons. The van der Waals surface area contributed by atoms with E-state index in [2.05, 4.69) is 158 Å². The number of hydrogen-bond donors (Lipinski definition) is 0. The molecule has 2 bridgehead atoms. The minimum absolute atomic E-state index is 0.173. The van der Waals surface area contributed by atoms with Crippen molar-refractivity contribution in [2.45, 2.75) is 88.9 Å². The number of hydrogen-bond acceptors (Lipinski definition) is 1. The van der Waals surface area contributed by atoms with Crippen molar-refractivity contribution in [3.8, 4) is 22.3 Å².